The minimum atomic E-state index is -0.366. The SMILES string of the molecule is CN1C(=O)c2ccccc2-n2c(nc3ccccc3c2=O)[C@H]1Cc1ccccc1. The van der Waals surface area contributed by atoms with Gasteiger partial charge < -0.3 is 4.90 Å². The van der Waals surface area contributed by atoms with E-state index in [9.17, 15) is 9.59 Å². The van der Waals surface area contributed by atoms with Gasteiger partial charge in [0, 0.05) is 13.5 Å². The van der Waals surface area contributed by atoms with Gasteiger partial charge in [-0.25, -0.2) is 4.98 Å². The average Bonchev–Trinajstić information content (AvgIpc) is 2.85. The summed E-state index contributed by atoms with van der Waals surface area (Å²) in [5.74, 6) is 0.467. The summed E-state index contributed by atoms with van der Waals surface area (Å²) in [5, 5.41) is 0.543. The summed E-state index contributed by atoms with van der Waals surface area (Å²) < 4.78 is 1.62. The van der Waals surface area contributed by atoms with Gasteiger partial charge in [0.15, 0.2) is 0 Å². The van der Waals surface area contributed by atoms with E-state index in [-0.39, 0.29) is 17.5 Å². The van der Waals surface area contributed by atoms with Crippen molar-refractivity contribution in [3.05, 3.63) is 106 Å². The number of carbonyl (C=O) groups is 1. The van der Waals surface area contributed by atoms with Crippen LogP contribution in [0.1, 0.15) is 27.8 Å². The third-order valence-electron chi connectivity index (χ3n) is 5.53. The van der Waals surface area contributed by atoms with Gasteiger partial charge in [0.2, 0.25) is 0 Å². The number of benzene rings is 3. The van der Waals surface area contributed by atoms with Crippen molar-refractivity contribution in [1.82, 2.24) is 14.5 Å². The van der Waals surface area contributed by atoms with Crippen molar-refractivity contribution in [2.45, 2.75) is 12.5 Å². The molecule has 1 aliphatic heterocycles. The third kappa shape index (κ3) is 2.74. The molecule has 142 valence electrons. The second-order valence-corrected chi connectivity index (χ2v) is 7.27. The molecule has 0 bridgehead atoms. The van der Waals surface area contributed by atoms with Crippen molar-refractivity contribution in [2.75, 3.05) is 7.05 Å². The van der Waals surface area contributed by atoms with Crippen molar-refractivity contribution in [3.63, 3.8) is 0 Å². The van der Waals surface area contributed by atoms with Gasteiger partial charge in [-0.05, 0) is 29.8 Å². The molecule has 3 aromatic carbocycles. The monoisotopic (exact) mass is 381 g/mol. The molecular weight excluding hydrogens is 362 g/mol. The number of hydrogen-bond acceptors (Lipinski definition) is 3. The molecule has 0 saturated carbocycles. The number of likely N-dealkylation sites (N-methyl/N-ethyl adjacent to an activating group) is 1. The van der Waals surface area contributed by atoms with Crippen LogP contribution in [0, 0.1) is 0 Å². The lowest BCUT2D eigenvalue weighted by Crippen LogP contribution is -2.33. The fraction of sp³-hybridized carbons (Fsp3) is 0.125. The zero-order valence-corrected chi connectivity index (χ0v) is 15.9. The Bertz CT molecular complexity index is 1290. The molecule has 1 aliphatic rings. The molecule has 0 aliphatic carbocycles. The Kier molecular flexibility index (Phi) is 4.02. The lowest BCUT2D eigenvalue weighted by Gasteiger charge is -2.26. The molecule has 5 rings (SSSR count). The summed E-state index contributed by atoms with van der Waals surface area (Å²) in [4.78, 5) is 33.4. The molecule has 1 atom stereocenters. The number of carbonyl (C=O) groups excluding carboxylic acids is 1. The zero-order valence-electron chi connectivity index (χ0n) is 15.9. The summed E-state index contributed by atoms with van der Waals surface area (Å²) in [6.07, 6.45) is 0.571. The van der Waals surface area contributed by atoms with Gasteiger partial charge in [0.25, 0.3) is 11.5 Å². The highest BCUT2D eigenvalue weighted by Crippen LogP contribution is 2.31. The molecule has 0 spiro atoms. The molecule has 0 unspecified atom stereocenters. The quantitative estimate of drug-likeness (QED) is 0.531. The van der Waals surface area contributed by atoms with E-state index in [0.29, 0.717) is 34.4 Å². The topological polar surface area (TPSA) is 55.2 Å². The minimum absolute atomic E-state index is 0.115. The highest BCUT2D eigenvalue weighted by atomic mass is 16.2. The van der Waals surface area contributed by atoms with E-state index in [1.165, 1.54) is 0 Å². The fourth-order valence-electron chi connectivity index (χ4n) is 4.03. The van der Waals surface area contributed by atoms with Crippen molar-refractivity contribution < 1.29 is 4.79 Å². The molecule has 1 amide bonds. The molecule has 0 radical (unpaired) electrons. The predicted molar refractivity (Wildman–Crippen MR) is 112 cm³/mol. The van der Waals surface area contributed by atoms with E-state index in [4.69, 9.17) is 4.98 Å². The number of amides is 1. The highest BCUT2D eigenvalue weighted by Gasteiger charge is 2.33. The van der Waals surface area contributed by atoms with Crippen LogP contribution in [-0.2, 0) is 6.42 Å². The first kappa shape index (κ1) is 17.4. The maximum atomic E-state index is 13.5. The fourth-order valence-corrected chi connectivity index (χ4v) is 4.03. The van der Waals surface area contributed by atoms with Gasteiger partial charge in [-0.3, -0.25) is 14.2 Å². The molecule has 5 nitrogen and oxygen atoms in total. The van der Waals surface area contributed by atoms with Crippen LogP contribution in [0.4, 0.5) is 0 Å². The zero-order chi connectivity index (χ0) is 20.0. The van der Waals surface area contributed by atoms with Crippen LogP contribution < -0.4 is 5.56 Å². The molecule has 4 aromatic rings. The molecule has 2 heterocycles. The first-order valence-corrected chi connectivity index (χ1v) is 9.57. The van der Waals surface area contributed by atoms with Gasteiger partial charge >= 0.3 is 0 Å². The highest BCUT2D eigenvalue weighted by molar-refractivity contribution is 5.98. The minimum Gasteiger partial charge on any atom is -0.331 e. The van der Waals surface area contributed by atoms with E-state index >= 15 is 0 Å². The van der Waals surface area contributed by atoms with E-state index in [1.54, 1.807) is 28.6 Å². The molecule has 0 fully saturated rings. The summed E-state index contributed by atoms with van der Waals surface area (Å²) >= 11 is 0. The molecule has 29 heavy (non-hydrogen) atoms. The van der Waals surface area contributed by atoms with E-state index in [1.807, 2.05) is 66.7 Å². The molecule has 1 aromatic heterocycles. The maximum absolute atomic E-state index is 13.5. The Balaban J connectivity index is 1.84. The Labute approximate surface area is 167 Å². The Morgan fingerprint density at radius 1 is 0.862 bits per heavy atom. The van der Waals surface area contributed by atoms with Gasteiger partial charge in [-0.1, -0.05) is 54.6 Å². The van der Waals surface area contributed by atoms with Gasteiger partial charge in [0.05, 0.1) is 28.2 Å². The molecule has 0 saturated heterocycles. The predicted octanol–water partition coefficient (Wildman–Crippen LogP) is 3.76. The maximum Gasteiger partial charge on any atom is 0.266 e. The Hall–Kier alpha value is -3.73. The van der Waals surface area contributed by atoms with Crippen LogP contribution in [0.15, 0.2) is 83.7 Å². The van der Waals surface area contributed by atoms with Crippen LogP contribution in [-0.4, -0.2) is 27.4 Å². The van der Waals surface area contributed by atoms with Gasteiger partial charge in [-0.2, -0.15) is 0 Å². The summed E-state index contributed by atoms with van der Waals surface area (Å²) in [6.45, 7) is 0. The molecular formula is C24H19N3O2. The largest absolute Gasteiger partial charge is 0.331 e. The van der Waals surface area contributed by atoms with Gasteiger partial charge in [0.1, 0.15) is 5.82 Å². The van der Waals surface area contributed by atoms with E-state index in [2.05, 4.69) is 0 Å². The van der Waals surface area contributed by atoms with Gasteiger partial charge in [-0.15, -0.1) is 0 Å². The lowest BCUT2D eigenvalue weighted by atomic mass is 10.0. The second-order valence-electron chi connectivity index (χ2n) is 7.27. The van der Waals surface area contributed by atoms with Crippen molar-refractivity contribution >= 4 is 16.8 Å². The van der Waals surface area contributed by atoms with Crippen molar-refractivity contribution in [1.29, 1.82) is 0 Å². The Morgan fingerprint density at radius 2 is 1.55 bits per heavy atom. The standard InChI is InChI=1S/C24H19N3O2/c1-26-21(15-16-9-3-2-4-10-16)22-25-19-13-7-5-11-17(19)24(29)27(22)20-14-8-6-12-18(20)23(26)28/h2-14,21H,15H2,1H3/t21-/m1/s1. The number of para-hydroxylation sites is 2. The van der Waals surface area contributed by atoms with Crippen LogP contribution in [0.2, 0.25) is 0 Å². The second kappa shape index (κ2) is 6.71. The first-order chi connectivity index (χ1) is 14.1. The normalized spacial score (nSPS) is 15.7. The lowest BCUT2D eigenvalue weighted by molar-refractivity contribution is 0.0729. The van der Waals surface area contributed by atoms with Crippen LogP contribution in [0.25, 0.3) is 16.6 Å². The summed E-state index contributed by atoms with van der Waals surface area (Å²) in [7, 11) is 1.78. The first-order valence-electron chi connectivity index (χ1n) is 9.57. The number of nitrogens with zero attached hydrogens (tertiary/aromatic N) is 3. The summed E-state index contributed by atoms with van der Waals surface area (Å²) in [6, 6.07) is 24.2. The average molecular weight is 381 g/mol. The Morgan fingerprint density at radius 3 is 2.38 bits per heavy atom. The van der Waals surface area contributed by atoms with E-state index in [0.717, 1.165) is 5.56 Å². The van der Waals surface area contributed by atoms with Crippen LogP contribution >= 0.6 is 0 Å². The molecule has 5 heteroatoms. The summed E-state index contributed by atoms with van der Waals surface area (Å²) in [5.41, 5.74) is 2.66. The number of fused-ring (bicyclic) bond motifs is 4. The smallest absolute Gasteiger partial charge is 0.266 e. The van der Waals surface area contributed by atoms with Crippen LogP contribution in [0.5, 0.6) is 0 Å². The number of aromatic nitrogens is 2. The van der Waals surface area contributed by atoms with Crippen molar-refractivity contribution in [3.8, 4) is 5.69 Å². The van der Waals surface area contributed by atoms with Crippen LogP contribution in [0.3, 0.4) is 0 Å². The van der Waals surface area contributed by atoms with E-state index < -0.39 is 0 Å². The number of hydrogen-bond donors (Lipinski definition) is 0. The van der Waals surface area contributed by atoms with Crippen molar-refractivity contribution in [2.24, 2.45) is 0 Å². The third-order valence-corrected chi connectivity index (χ3v) is 5.53. The number of rotatable bonds is 2. The molecule has 0 N–H and O–H groups in total.